The molecule has 0 radical (unpaired) electrons. The maximum absolute atomic E-state index is 11.3. The Hall–Kier alpha value is -1.39. The molecular formula is C17H26O4. The molecule has 0 amide bonds. The number of rotatable bonds is 9. The number of carboxylic acids is 1. The highest BCUT2D eigenvalue weighted by molar-refractivity contribution is 5.70. The number of benzene rings is 1. The van der Waals surface area contributed by atoms with Crippen LogP contribution in [0.25, 0.3) is 0 Å². The number of unbranched alkanes of at least 4 members (excludes halogenated alkanes) is 1. The van der Waals surface area contributed by atoms with E-state index >= 15 is 0 Å². The van der Waals surface area contributed by atoms with E-state index in [9.17, 15) is 9.90 Å². The maximum Gasteiger partial charge on any atom is 0.309 e. The minimum absolute atomic E-state index is 0.489. The molecule has 0 aliphatic heterocycles. The van der Waals surface area contributed by atoms with Gasteiger partial charge in [-0.25, -0.2) is 9.78 Å². The Balaban J connectivity index is 2.61. The van der Waals surface area contributed by atoms with Gasteiger partial charge in [0.05, 0.1) is 5.92 Å². The average molecular weight is 294 g/mol. The monoisotopic (exact) mass is 294 g/mol. The SMILES string of the molecule is CCCCC(C(=O)O)C(C)OOC(C)(C)c1ccccc1. The summed E-state index contributed by atoms with van der Waals surface area (Å²) in [4.78, 5) is 22.2. The Labute approximate surface area is 127 Å². The Kier molecular flexibility index (Phi) is 6.85. The third kappa shape index (κ3) is 5.48. The molecule has 0 fully saturated rings. The minimum atomic E-state index is -0.836. The number of carboxylic acid groups (broad SMARTS) is 1. The molecule has 21 heavy (non-hydrogen) atoms. The second-order valence-corrected chi connectivity index (χ2v) is 5.85. The van der Waals surface area contributed by atoms with Crippen molar-refractivity contribution in [2.24, 2.45) is 5.92 Å². The molecule has 1 rings (SSSR count). The molecule has 0 saturated carbocycles. The van der Waals surface area contributed by atoms with E-state index in [1.807, 2.05) is 51.1 Å². The highest BCUT2D eigenvalue weighted by Crippen LogP contribution is 2.26. The molecule has 4 heteroatoms. The van der Waals surface area contributed by atoms with Gasteiger partial charge in [0.15, 0.2) is 0 Å². The van der Waals surface area contributed by atoms with Crippen LogP contribution in [-0.4, -0.2) is 17.2 Å². The van der Waals surface area contributed by atoms with Gasteiger partial charge in [-0.3, -0.25) is 4.79 Å². The molecule has 0 spiro atoms. The van der Waals surface area contributed by atoms with Crippen LogP contribution in [0.2, 0.25) is 0 Å². The van der Waals surface area contributed by atoms with Crippen LogP contribution in [0.1, 0.15) is 52.5 Å². The van der Waals surface area contributed by atoms with Crippen LogP contribution < -0.4 is 0 Å². The quantitative estimate of drug-likeness (QED) is 0.549. The zero-order valence-electron chi connectivity index (χ0n) is 13.3. The van der Waals surface area contributed by atoms with Crippen molar-refractivity contribution in [1.29, 1.82) is 0 Å². The lowest BCUT2D eigenvalue weighted by Gasteiger charge is -2.28. The molecule has 0 heterocycles. The number of hydrogen-bond acceptors (Lipinski definition) is 3. The zero-order chi connectivity index (χ0) is 15.9. The van der Waals surface area contributed by atoms with Gasteiger partial charge in [-0.15, -0.1) is 0 Å². The van der Waals surface area contributed by atoms with Crippen LogP contribution in [0.4, 0.5) is 0 Å². The van der Waals surface area contributed by atoms with Crippen LogP contribution in [0.5, 0.6) is 0 Å². The summed E-state index contributed by atoms with van der Waals surface area (Å²) in [5.41, 5.74) is 0.362. The molecule has 0 bridgehead atoms. The highest BCUT2D eigenvalue weighted by atomic mass is 17.2. The normalized spacial score (nSPS) is 14.7. The molecular weight excluding hydrogens is 268 g/mol. The van der Waals surface area contributed by atoms with E-state index in [4.69, 9.17) is 9.78 Å². The Morgan fingerprint density at radius 3 is 2.43 bits per heavy atom. The fourth-order valence-corrected chi connectivity index (χ4v) is 2.13. The molecule has 2 atom stereocenters. The Morgan fingerprint density at radius 1 is 1.29 bits per heavy atom. The van der Waals surface area contributed by atoms with E-state index in [0.29, 0.717) is 6.42 Å². The van der Waals surface area contributed by atoms with Crippen LogP contribution in [0, 0.1) is 5.92 Å². The molecule has 118 valence electrons. The molecule has 0 saturated heterocycles. The third-order valence-corrected chi connectivity index (χ3v) is 3.63. The van der Waals surface area contributed by atoms with E-state index in [0.717, 1.165) is 18.4 Å². The van der Waals surface area contributed by atoms with Gasteiger partial charge in [0, 0.05) is 0 Å². The van der Waals surface area contributed by atoms with Crippen LogP contribution >= 0.6 is 0 Å². The van der Waals surface area contributed by atoms with Gasteiger partial charge in [0.1, 0.15) is 11.7 Å². The number of hydrogen-bond donors (Lipinski definition) is 1. The van der Waals surface area contributed by atoms with Gasteiger partial charge >= 0.3 is 5.97 Å². The van der Waals surface area contributed by atoms with Crippen molar-refractivity contribution < 1.29 is 19.7 Å². The molecule has 1 aromatic rings. The van der Waals surface area contributed by atoms with Crippen molar-refractivity contribution in [3.05, 3.63) is 35.9 Å². The fourth-order valence-electron chi connectivity index (χ4n) is 2.13. The van der Waals surface area contributed by atoms with Gasteiger partial charge in [0.2, 0.25) is 0 Å². The van der Waals surface area contributed by atoms with Crippen molar-refractivity contribution in [1.82, 2.24) is 0 Å². The van der Waals surface area contributed by atoms with Gasteiger partial charge in [0.25, 0.3) is 0 Å². The van der Waals surface area contributed by atoms with Crippen molar-refractivity contribution in [3.8, 4) is 0 Å². The van der Waals surface area contributed by atoms with Crippen molar-refractivity contribution in [2.75, 3.05) is 0 Å². The van der Waals surface area contributed by atoms with Gasteiger partial charge < -0.3 is 5.11 Å². The third-order valence-electron chi connectivity index (χ3n) is 3.63. The molecule has 4 nitrogen and oxygen atoms in total. The average Bonchev–Trinajstić information content (AvgIpc) is 2.46. The van der Waals surface area contributed by atoms with Crippen LogP contribution in [-0.2, 0) is 20.2 Å². The molecule has 0 aromatic heterocycles. The van der Waals surface area contributed by atoms with Crippen LogP contribution in [0.15, 0.2) is 30.3 Å². The fraction of sp³-hybridized carbons (Fsp3) is 0.588. The molecule has 1 N–H and O–H groups in total. The van der Waals surface area contributed by atoms with Crippen molar-refractivity contribution in [2.45, 2.75) is 58.7 Å². The molecule has 2 unspecified atom stereocenters. The first-order chi connectivity index (χ1) is 9.88. The largest absolute Gasteiger partial charge is 0.481 e. The smallest absolute Gasteiger partial charge is 0.309 e. The van der Waals surface area contributed by atoms with E-state index in [1.54, 1.807) is 6.92 Å². The Bertz CT molecular complexity index is 428. The highest BCUT2D eigenvalue weighted by Gasteiger charge is 2.29. The first-order valence-electron chi connectivity index (χ1n) is 7.51. The van der Waals surface area contributed by atoms with E-state index in [1.165, 1.54) is 0 Å². The summed E-state index contributed by atoms with van der Waals surface area (Å²) < 4.78 is 0. The van der Waals surface area contributed by atoms with E-state index < -0.39 is 23.6 Å². The van der Waals surface area contributed by atoms with Gasteiger partial charge in [-0.2, -0.15) is 0 Å². The first kappa shape index (κ1) is 17.7. The standard InChI is InChI=1S/C17H26O4/c1-5-6-12-15(16(18)19)13(2)20-21-17(3,4)14-10-8-7-9-11-14/h7-11,13,15H,5-6,12H2,1-4H3,(H,18,19). The van der Waals surface area contributed by atoms with Crippen molar-refractivity contribution in [3.63, 3.8) is 0 Å². The predicted molar refractivity (Wildman–Crippen MR) is 81.8 cm³/mol. The number of aliphatic carboxylic acids is 1. The molecule has 0 aliphatic rings. The van der Waals surface area contributed by atoms with Crippen LogP contribution in [0.3, 0.4) is 0 Å². The lowest BCUT2D eigenvalue weighted by molar-refractivity contribution is -0.384. The lowest BCUT2D eigenvalue weighted by atomic mass is 9.97. The van der Waals surface area contributed by atoms with E-state index in [2.05, 4.69) is 0 Å². The topological polar surface area (TPSA) is 55.8 Å². The number of carbonyl (C=O) groups is 1. The van der Waals surface area contributed by atoms with E-state index in [-0.39, 0.29) is 0 Å². The summed E-state index contributed by atoms with van der Waals surface area (Å²) in [7, 11) is 0. The summed E-state index contributed by atoms with van der Waals surface area (Å²) in [5.74, 6) is -1.38. The second-order valence-electron chi connectivity index (χ2n) is 5.85. The predicted octanol–water partition coefficient (Wildman–Crippen LogP) is 4.15. The minimum Gasteiger partial charge on any atom is -0.481 e. The summed E-state index contributed by atoms with van der Waals surface area (Å²) in [5, 5.41) is 9.28. The summed E-state index contributed by atoms with van der Waals surface area (Å²) in [6.07, 6.45) is 1.94. The van der Waals surface area contributed by atoms with Gasteiger partial charge in [-0.05, 0) is 32.8 Å². The van der Waals surface area contributed by atoms with Gasteiger partial charge in [-0.1, -0.05) is 50.1 Å². The summed E-state index contributed by atoms with van der Waals surface area (Å²) >= 11 is 0. The Morgan fingerprint density at radius 2 is 1.90 bits per heavy atom. The summed E-state index contributed by atoms with van der Waals surface area (Å²) in [6, 6.07) is 9.73. The zero-order valence-corrected chi connectivity index (χ0v) is 13.3. The first-order valence-corrected chi connectivity index (χ1v) is 7.51. The lowest BCUT2D eigenvalue weighted by Crippen LogP contribution is -2.32. The maximum atomic E-state index is 11.3. The molecule has 0 aliphatic carbocycles. The van der Waals surface area contributed by atoms with Crippen molar-refractivity contribution >= 4 is 5.97 Å². The summed E-state index contributed by atoms with van der Waals surface area (Å²) in [6.45, 7) is 7.59. The second kappa shape index (κ2) is 8.15. The molecule has 1 aromatic carbocycles.